The number of amides is 1. The maximum Gasteiger partial charge on any atom is 0.259 e. The zero-order valence-electron chi connectivity index (χ0n) is 16.9. The lowest BCUT2D eigenvalue weighted by Gasteiger charge is -2.21. The van der Waals surface area contributed by atoms with Crippen LogP contribution in [0.4, 0.5) is 11.5 Å². The fraction of sp³-hybridized carbons (Fsp3) is 0.217. The number of para-hydroxylation sites is 1. The van der Waals surface area contributed by atoms with Gasteiger partial charge >= 0.3 is 0 Å². The molecule has 0 bridgehead atoms. The molecule has 0 spiro atoms. The largest absolute Gasteiger partial charge is 0.493 e. The molecule has 0 unspecified atom stereocenters. The number of rotatable bonds is 8. The van der Waals surface area contributed by atoms with Crippen LogP contribution in [-0.4, -0.2) is 31.7 Å². The summed E-state index contributed by atoms with van der Waals surface area (Å²) in [6.07, 6.45) is 1.60. The number of carbonyl (C=O) groups excluding carboxylic acids is 1. The van der Waals surface area contributed by atoms with E-state index in [4.69, 9.17) is 9.47 Å². The summed E-state index contributed by atoms with van der Waals surface area (Å²) >= 11 is 0. The molecule has 0 radical (unpaired) electrons. The molecule has 29 heavy (non-hydrogen) atoms. The van der Waals surface area contributed by atoms with Crippen molar-refractivity contribution in [1.82, 2.24) is 4.98 Å². The number of anilines is 2. The summed E-state index contributed by atoms with van der Waals surface area (Å²) in [5.41, 5.74) is 2.45. The van der Waals surface area contributed by atoms with Crippen LogP contribution in [0.25, 0.3) is 0 Å². The average molecular weight is 391 g/mol. The Kier molecular flexibility index (Phi) is 6.68. The molecule has 2 aromatic carbocycles. The molecule has 1 heterocycles. The zero-order valence-corrected chi connectivity index (χ0v) is 16.9. The monoisotopic (exact) mass is 391 g/mol. The van der Waals surface area contributed by atoms with Gasteiger partial charge in [-0.05, 0) is 48.9 Å². The number of nitrogens with one attached hydrogen (secondary N) is 1. The minimum atomic E-state index is -0.0716. The predicted molar refractivity (Wildman–Crippen MR) is 115 cm³/mol. The lowest BCUT2D eigenvalue weighted by molar-refractivity contribution is 0.0988. The van der Waals surface area contributed by atoms with Gasteiger partial charge in [0.05, 0.1) is 19.8 Å². The number of pyridine rings is 1. The Morgan fingerprint density at radius 2 is 1.76 bits per heavy atom. The Hall–Kier alpha value is -3.54. The van der Waals surface area contributed by atoms with E-state index in [1.54, 1.807) is 31.4 Å². The molecule has 0 fully saturated rings. The molecular weight excluding hydrogens is 366 g/mol. The molecule has 0 aliphatic carbocycles. The Bertz CT molecular complexity index is 943. The number of hydrogen-bond donors (Lipinski definition) is 1. The number of carbonyl (C=O) groups is 1. The SMILES string of the molecule is CCN(C(=O)c1ccc(NCc2ccc(OC)c(OC)c2)nc1)c1ccccc1. The van der Waals surface area contributed by atoms with Crippen molar-refractivity contribution in [2.24, 2.45) is 0 Å². The molecule has 0 atom stereocenters. The first-order valence-corrected chi connectivity index (χ1v) is 9.44. The Morgan fingerprint density at radius 3 is 2.38 bits per heavy atom. The van der Waals surface area contributed by atoms with Crippen LogP contribution in [0.3, 0.4) is 0 Å². The number of ether oxygens (including phenoxy) is 2. The van der Waals surface area contributed by atoms with Crippen molar-refractivity contribution in [3.8, 4) is 11.5 Å². The van der Waals surface area contributed by atoms with Gasteiger partial charge in [-0.3, -0.25) is 4.79 Å². The van der Waals surface area contributed by atoms with Gasteiger partial charge in [-0.25, -0.2) is 4.98 Å². The molecule has 0 saturated carbocycles. The fourth-order valence-corrected chi connectivity index (χ4v) is 3.02. The van der Waals surface area contributed by atoms with E-state index >= 15 is 0 Å². The van der Waals surface area contributed by atoms with E-state index in [0.717, 1.165) is 11.3 Å². The van der Waals surface area contributed by atoms with E-state index < -0.39 is 0 Å². The van der Waals surface area contributed by atoms with E-state index in [2.05, 4.69) is 10.3 Å². The molecule has 6 nitrogen and oxygen atoms in total. The smallest absolute Gasteiger partial charge is 0.259 e. The molecule has 3 aromatic rings. The van der Waals surface area contributed by atoms with E-state index in [0.29, 0.717) is 36.0 Å². The lowest BCUT2D eigenvalue weighted by Crippen LogP contribution is -2.30. The summed E-state index contributed by atoms with van der Waals surface area (Å²) in [6.45, 7) is 3.12. The third kappa shape index (κ3) is 4.85. The van der Waals surface area contributed by atoms with Gasteiger partial charge in [-0.2, -0.15) is 0 Å². The van der Waals surface area contributed by atoms with Gasteiger partial charge in [0.25, 0.3) is 5.91 Å². The van der Waals surface area contributed by atoms with Crippen LogP contribution in [0.2, 0.25) is 0 Å². The molecule has 0 saturated heterocycles. The topological polar surface area (TPSA) is 63.7 Å². The molecular formula is C23H25N3O3. The van der Waals surface area contributed by atoms with Gasteiger partial charge in [0.2, 0.25) is 0 Å². The van der Waals surface area contributed by atoms with Gasteiger partial charge in [0.1, 0.15) is 5.82 Å². The second-order valence-corrected chi connectivity index (χ2v) is 6.36. The minimum absolute atomic E-state index is 0.0716. The molecule has 1 N–H and O–H groups in total. The van der Waals surface area contributed by atoms with Crippen molar-refractivity contribution in [1.29, 1.82) is 0 Å². The van der Waals surface area contributed by atoms with Gasteiger partial charge in [0.15, 0.2) is 11.5 Å². The Morgan fingerprint density at radius 1 is 1.00 bits per heavy atom. The van der Waals surface area contributed by atoms with Gasteiger partial charge in [0, 0.05) is 25.0 Å². The maximum atomic E-state index is 12.8. The first kappa shape index (κ1) is 20.2. The van der Waals surface area contributed by atoms with Crippen molar-refractivity contribution in [2.45, 2.75) is 13.5 Å². The summed E-state index contributed by atoms with van der Waals surface area (Å²) < 4.78 is 10.6. The average Bonchev–Trinajstić information content (AvgIpc) is 2.79. The number of aromatic nitrogens is 1. The summed E-state index contributed by atoms with van der Waals surface area (Å²) in [4.78, 5) is 19.0. The van der Waals surface area contributed by atoms with Crippen molar-refractivity contribution < 1.29 is 14.3 Å². The van der Waals surface area contributed by atoms with Crippen LogP contribution < -0.4 is 19.7 Å². The fourth-order valence-electron chi connectivity index (χ4n) is 3.02. The quantitative estimate of drug-likeness (QED) is 0.617. The van der Waals surface area contributed by atoms with E-state index in [1.807, 2.05) is 61.5 Å². The number of nitrogens with zero attached hydrogens (tertiary/aromatic N) is 2. The normalized spacial score (nSPS) is 10.3. The van der Waals surface area contributed by atoms with Gasteiger partial charge in [-0.15, -0.1) is 0 Å². The molecule has 6 heteroatoms. The Balaban J connectivity index is 1.66. The highest BCUT2D eigenvalue weighted by Gasteiger charge is 2.16. The third-order valence-electron chi connectivity index (χ3n) is 4.56. The van der Waals surface area contributed by atoms with Crippen LogP contribution >= 0.6 is 0 Å². The van der Waals surface area contributed by atoms with Crippen LogP contribution in [0.15, 0.2) is 66.9 Å². The highest BCUT2D eigenvalue weighted by Crippen LogP contribution is 2.27. The minimum Gasteiger partial charge on any atom is -0.493 e. The van der Waals surface area contributed by atoms with Crippen molar-refractivity contribution in [3.05, 3.63) is 78.0 Å². The van der Waals surface area contributed by atoms with E-state index in [1.165, 1.54) is 0 Å². The van der Waals surface area contributed by atoms with Gasteiger partial charge in [-0.1, -0.05) is 24.3 Å². The van der Waals surface area contributed by atoms with Crippen LogP contribution in [0.1, 0.15) is 22.8 Å². The molecule has 3 rings (SSSR count). The summed E-state index contributed by atoms with van der Waals surface area (Å²) in [5, 5.41) is 3.26. The standard InChI is InChI=1S/C23H25N3O3/c1-4-26(19-8-6-5-7-9-19)23(27)18-11-13-22(25-16-18)24-15-17-10-12-20(28-2)21(14-17)29-3/h5-14,16H,4,15H2,1-3H3,(H,24,25). The summed E-state index contributed by atoms with van der Waals surface area (Å²) in [6, 6.07) is 19.0. The third-order valence-corrected chi connectivity index (χ3v) is 4.56. The summed E-state index contributed by atoms with van der Waals surface area (Å²) in [7, 11) is 3.22. The van der Waals surface area contributed by atoms with Crippen LogP contribution in [0, 0.1) is 0 Å². The highest BCUT2D eigenvalue weighted by molar-refractivity contribution is 6.05. The molecule has 150 valence electrons. The van der Waals surface area contributed by atoms with Crippen molar-refractivity contribution in [2.75, 3.05) is 31.0 Å². The second-order valence-electron chi connectivity index (χ2n) is 6.36. The number of hydrogen-bond acceptors (Lipinski definition) is 5. The first-order valence-electron chi connectivity index (χ1n) is 9.44. The zero-order chi connectivity index (χ0) is 20.6. The summed E-state index contributed by atoms with van der Waals surface area (Å²) in [5.74, 6) is 1.99. The van der Waals surface area contributed by atoms with Gasteiger partial charge < -0.3 is 19.7 Å². The second kappa shape index (κ2) is 9.59. The lowest BCUT2D eigenvalue weighted by atomic mass is 10.2. The molecule has 1 amide bonds. The first-order chi connectivity index (χ1) is 14.2. The van der Waals surface area contributed by atoms with E-state index in [-0.39, 0.29) is 5.91 Å². The molecule has 0 aliphatic rings. The number of methoxy groups -OCH3 is 2. The maximum absolute atomic E-state index is 12.8. The van der Waals surface area contributed by atoms with E-state index in [9.17, 15) is 4.79 Å². The van der Waals surface area contributed by atoms with Crippen LogP contribution in [-0.2, 0) is 6.54 Å². The highest BCUT2D eigenvalue weighted by atomic mass is 16.5. The Labute approximate surface area is 171 Å². The predicted octanol–water partition coefficient (Wildman–Crippen LogP) is 4.38. The van der Waals surface area contributed by atoms with Crippen LogP contribution in [0.5, 0.6) is 11.5 Å². The van der Waals surface area contributed by atoms with Crippen molar-refractivity contribution >= 4 is 17.4 Å². The molecule has 0 aliphatic heterocycles. The molecule has 1 aromatic heterocycles. The van der Waals surface area contributed by atoms with Crippen molar-refractivity contribution in [3.63, 3.8) is 0 Å². The number of benzene rings is 2.